The van der Waals surface area contributed by atoms with Crippen LogP contribution in [0.1, 0.15) is 157 Å². The van der Waals surface area contributed by atoms with Crippen molar-refractivity contribution in [2.24, 2.45) is 69.0 Å². The molecule has 0 bridgehead atoms. The molecule has 50 heavy (non-hydrogen) atoms. The lowest BCUT2D eigenvalue weighted by molar-refractivity contribution is -0.188. The predicted molar refractivity (Wildman–Crippen MR) is 190 cm³/mol. The molecule has 0 radical (unpaired) electrons. The summed E-state index contributed by atoms with van der Waals surface area (Å²) in [6, 6.07) is 0. The SMILES string of the molecule is CC(=O)O[C@@H]1CC[C@@H]2[C@@H]3CC[C@@H]4CC(=O)[C@]5(CCC6=C(C[C@@H]7CC[C@@H]8[C@H](CC[C@]9(C)[C@H](OC(C)=O)CC[C@@H]89)[C@@]7(C)C6)O5)C[C@]4(C)[C@H]3CC[C@@]21C. The van der Waals surface area contributed by atoms with Gasteiger partial charge in [-0.05, 0) is 160 Å². The highest BCUT2D eigenvalue weighted by Crippen LogP contribution is 2.70. The number of fused-ring (bicyclic) bond motifs is 10. The molecule has 6 nitrogen and oxygen atoms in total. The molecule has 0 aromatic carbocycles. The monoisotopic (exact) mass is 688 g/mol. The van der Waals surface area contributed by atoms with Crippen LogP contribution in [0.2, 0.25) is 0 Å². The minimum absolute atomic E-state index is 0.0591. The third-order valence-corrected chi connectivity index (χ3v) is 18.7. The minimum atomic E-state index is -0.643. The standard InChI is InChI=1S/C44H64O6/c1-25(45)48-38-13-11-32-30-9-7-28-21-36-27(23-42(28,5)34(30)16-18-40(32,38)3)15-20-44(50-36)24-43(6)29(22-37(44)47)8-10-31-33-12-14-39(49-26(2)46)41(33,4)19-17-35(31)43/h28-35,38-39H,7-24H2,1-6H3/t28-,29+,30-,31-,32-,33+,34-,35-,38+,39+,40-,41-,42-,43-,44-/m0/s1. The van der Waals surface area contributed by atoms with Crippen molar-refractivity contribution in [1.82, 2.24) is 0 Å². The summed E-state index contributed by atoms with van der Waals surface area (Å²) >= 11 is 0. The van der Waals surface area contributed by atoms with Crippen molar-refractivity contribution in [2.75, 3.05) is 0 Å². The Bertz CT molecular complexity index is 1500. The van der Waals surface area contributed by atoms with Crippen molar-refractivity contribution in [2.45, 2.75) is 175 Å². The molecule has 1 aliphatic heterocycles. The maximum atomic E-state index is 14.3. The summed E-state index contributed by atoms with van der Waals surface area (Å²) in [4.78, 5) is 38.3. The van der Waals surface area contributed by atoms with Crippen molar-refractivity contribution in [3.8, 4) is 0 Å². The predicted octanol–water partition coefficient (Wildman–Crippen LogP) is 9.53. The fourth-order valence-corrected chi connectivity index (χ4v) is 16.3. The number of carbonyl (C=O) groups excluding carboxylic acids is 3. The van der Waals surface area contributed by atoms with E-state index in [1.807, 2.05) is 0 Å². The van der Waals surface area contributed by atoms with Gasteiger partial charge in [0.05, 0.1) is 5.76 Å². The van der Waals surface area contributed by atoms with E-state index >= 15 is 0 Å². The molecule has 8 aliphatic carbocycles. The summed E-state index contributed by atoms with van der Waals surface area (Å²) in [5.41, 5.74) is 1.52. The number of ketones is 1. The average Bonchev–Trinajstić information content (AvgIpc) is 3.56. The van der Waals surface area contributed by atoms with Gasteiger partial charge < -0.3 is 14.2 Å². The summed E-state index contributed by atoms with van der Waals surface area (Å²) in [5.74, 6) is 6.45. The van der Waals surface area contributed by atoms with Crippen molar-refractivity contribution in [3.05, 3.63) is 11.3 Å². The molecular weight excluding hydrogens is 624 g/mol. The lowest BCUT2D eigenvalue weighted by Crippen LogP contribution is -2.61. The number of hydrogen-bond acceptors (Lipinski definition) is 6. The second kappa shape index (κ2) is 11.3. The second-order valence-corrected chi connectivity index (χ2v) is 20.6. The number of allylic oxidation sites excluding steroid dienone is 2. The van der Waals surface area contributed by atoms with Gasteiger partial charge in [0.15, 0.2) is 11.4 Å². The van der Waals surface area contributed by atoms with Gasteiger partial charge in [-0.15, -0.1) is 0 Å². The minimum Gasteiger partial charge on any atom is -0.484 e. The lowest BCUT2D eigenvalue weighted by atomic mass is 9.43. The molecule has 6 heteroatoms. The molecule has 0 unspecified atom stereocenters. The zero-order valence-electron chi connectivity index (χ0n) is 32.0. The zero-order valence-corrected chi connectivity index (χ0v) is 32.0. The summed E-state index contributed by atoms with van der Waals surface area (Å²) in [5, 5.41) is 0. The van der Waals surface area contributed by atoms with E-state index in [2.05, 4.69) is 27.7 Å². The third kappa shape index (κ3) is 4.66. The summed E-state index contributed by atoms with van der Waals surface area (Å²) in [7, 11) is 0. The first-order chi connectivity index (χ1) is 23.7. The average molecular weight is 689 g/mol. The molecule has 276 valence electrons. The molecule has 0 amide bonds. The molecule has 0 N–H and O–H groups in total. The largest absolute Gasteiger partial charge is 0.484 e. The van der Waals surface area contributed by atoms with Crippen LogP contribution in [-0.2, 0) is 28.6 Å². The van der Waals surface area contributed by atoms with Crippen LogP contribution in [0.5, 0.6) is 0 Å². The summed E-state index contributed by atoms with van der Waals surface area (Å²) in [6.07, 6.45) is 19.8. The van der Waals surface area contributed by atoms with Gasteiger partial charge in [0.1, 0.15) is 12.2 Å². The first kappa shape index (κ1) is 34.0. The van der Waals surface area contributed by atoms with Crippen LogP contribution in [0.3, 0.4) is 0 Å². The quantitative estimate of drug-likeness (QED) is 0.269. The van der Waals surface area contributed by atoms with Crippen LogP contribution < -0.4 is 0 Å². The Morgan fingerprint density at radius 2 is 1.14 bits per heavy atom. The van der Waals surface area contributed by atoms with Gasteiger partial charge in [-0.1, -0.05) is 27.7 Å². The van der Waals surface area contributed by atoms with E-state index in [1.165, 1.54) is 62.7 Å². The van der Waals surface area contributed by atoms with Crippen molar-refractivity contribution >= 4 is 17.7 Å². The van der Waals surface area contributed by atoms with Gasteiger partial charge in [-0.3, -0.25) is 14.4 Å². The highest BCUT2D eigenvalue weighted by Gasteiger charge is 2.66. The molecule has 7 saturated carbocycles. The molecular formula is C44H64O6. The van der Waals surface area contributed by atoms with Gasteiger partial charge in [0.25, 0.3) is 0 Å². The van der Waals surface area contributed by atoms with Crippen LogP contribution >= 0.6 is 0 Å². The van der Waals surface area contributed by atoms with Gasteiger partial charge in [-0.25, -0.2) is 0 Å². The number of esters is 2. The highest BCUT2D eigenvalue weighted by atomic mass is 16.5. The second-order valence-electron chi connectivity index (χ2n) is 20.6. The number of rotatable bonds is 2. The summed E-state index contributed by atoms with van der Waals surface area (Å²) < 4.78 is 19.2. The van der Waals surface area contributed by atoms with Gasteiger partial charge in [-0.2, -0.15) is 0 Å². The fourth-order valence-electron chi connectivity index (χ4n) is 16.3. The Morgan fingerprint density at radius 3 is 1.70 bits per heavy atom. The number of carbonyl (C=O) groups is 3. The van der Waals surface area contributed by atoms with E-state index in [0.29, 0.717) is 53.1 Å². The smallest absolute Gasteiger partial charge is 0.302 e. The van der Waals surface area contributed by atoms with E-state index in [9.17, 15) is 14.4 Å². The van der Waals surface area contributed by atoms with E-state index < -0.39 is 5.60 Å². The Morgan fingerprint density at radius 1 is 0.620 bits per heavy atom. The zero-order chi connectivity index (χ0) is 35.0. The normalized spacial score (nSPS) is 53.4. The van der Waals surface area contributed by atoms with Crippen molar-refractivity contribution < 1.29 is 28.6 Å². The van der Waals surface area contributed by atoms with Crippen molar-refractivity contribution in [3.63, 3.8) is 0 Å². The van der Waals surface area contributed by atoms with Gasteiger partial charge in [0, 0.05) is 43.9 Å². The molecule has 1 heterocycles. The number of hydrogen-bond donors (Lipinski definition) is 0. The Hall–Kier alpha value is -1.85. The van der Waals surface area contributed by atoms with Crippen LogP contribution in [0.4, 0.5) is 0 Å². The topological polar surface area (TPSA) is 78.9 Å². The first-order valence-corrected chi connectivity index (χ1v) is 21.0. The van der Waals surface area contributed by atoms with E-state index in [-0.39, 0.29) is 40.4 Å². The van der Waals surface area contributed by atoms with Crippen LogP contribution in [-0.4, -0.2) is 35.5 Å². The molecule has 9 rings (SSSR count). The van der Waals surface area contributed by atoms with Crippen LogP contribution in [0.25, 0.3) is 0 Å². The van der Waals surface area contributed by atoms with E-state index in [1.54, 1.807) is 13.8 Å². The maximum absolute atomic E-state index is 14.3. The van der Waals surface area contributed by atoms with E-state index in [0.717, 1.165) is 69.6 Å². The molecule has 1 spiro atoms. The molecule has 15 atom stereocenters. The third-order valence-electron chi connectivity index (χ3n) is 18.7. The van der Waals surface area contributed by atoms with E-state index in [4.69, 9.17) is 14.2 Å². The van der Waals surface area contributed by atoms with Gasteiger partial charge in [0.2, 0.25) is 0 Å². The Labute approximate surface area is 301 Å². The lowest BCUT2D eigenvalue weighted by Gasteiger charge is -2.63. The fraction of sp³-hybridized carbons (Fsp3) is 0.886. The molecule has 0 aromatic heterocycles. The Kier molecular flexibility index (Phi) is 7.69. The number of ether oxygens (including phenoxy) is 3. The van der Waals surface area contributed by atoms with Crippen molar-refractivity contribution in [1.29, 1.82) is 0 Å². The van der Waals surface area contributed by atoms with Crippen LogP contribution in [0.15, 0.2) is 11.3 Å². The number of Topliss-reactive ketones (excluding diaryl/α,β-unsaturated/α-hetero) is 1. The van der Waals surface area contributed by atoms with Crippen LogP contribution in [0, 0.1) is 69.0 Å². The molecule has 0 aromatic rings. The molecule has 7 fully saturated rings. The first-order valence-electron chi connectivity index (χ1n) is 21.0. The highest BCUT2D eigenvalue weighted by molar-refractivity contribution is 5.89. The molecule has 9 aliphatic rings. The summed E-state index contributed by atoms with van der Waals surface area (Å²) in [6.45, 7) is 13.2. The molecule has 0 saturated heterocycles. The maximum Gasteiger partial charge on any atom is 0.302 e. The van der Waals surface area contributed by atoms with Gasteiger partial charge >= 0.3 is 11.9 Å². The Balaban J connectivity index is 0.940.